The monoisotopic (exact) mass is 155 g/mol. The van der Waals surface area contributed by atoms with Crippen LogP contribution in [0.1, 0.15) is 25.7 Å². The molecule has 0 spiro atoms. The summed E-state index contributed by atoms with van der Waals surface area (Å²) in [4.78, 5) is 2.62. The molecule has 1 saturated carbocycles. The maximum Gasteiger partial charge on any atom is 0.0601 e. The van der Waals surface area contributed by atoms with Crippen molar-refractivity contribution >= 4 is 0 Å². The first-order chi connectivity index (χ1) is 5.40. The normalized spacial score (nSPS) is 39.0. The molecular formula is C9H17NO. The lowest BCUT2D eigenvalue weighted by molar-refractivity contribution is -0.0201. The summed E-state index contributed by atoms with van der Waals surface area (Å²) in [7, 11) is 1.82. The molecule has 2 aliphatic rings. The Bertz CT molecular complexity index is 126. The van der Waals surface area contributed by atoms with Crippen molar-refractivity contribution in [1.82, 2.24) is 4.90 Å². The van der Waals surface area contributed by atoms with Crippen LogP contribution in [0.15, 0.2) is 0 Å². The van der Waals surface area contributed by atoms with Gasteiger partial charge in [0.15, 0.2) is 0 Å². The van der Waals surface area contributed by atoms with E-state index in [1.807, 2.05) is 7.11 Å². The van der Waals surface area contributed by atoms with Gasteiger partial charge in [-0.3, -0.25) is 0 Å². The summed E-state index contributed by atoms with van der Waals surface area (Å²) >= 11 is 0. The van der Waals surface area contributed by atoms with Gasteiger partial charge in [0.25, 0.3) is 0 Å². The fourth-order valence-corrected chi connectivity index (χ4v) is 2.14. The number of rotatable bonds is 2. The van der Waals surface area contributed by atoms with E-state index in [0.717, 1.165) is 6.04 Å². The second kappa shape index (κ2) is 3.11. The van der Waals surface area contributed by atoms with Crippen LogP contribution in [0.2, 0.25) is 0 Å². The third-order valence-corrected chi connectivity index (χ3v) is 3.06. The van der Waals surface area contributed by atoms with Crippen LogP contribution in [-0.4, -0.2) is 37.2 Å². The van der Waals surface area contributed by atoms with E-state index in [2.05, 4.69) is 4.90 Å². The molecule has 2 fully saturated rings. The van der Waals surface area contributed by atoms with E-state index >= 15 is 0 Å². The number of nitrogens with zero attached hydrogens (tertiary/aromatic N) is 1. The second-order valence-corrected chi connectivity index (χ2v) is 3.73. The summed E-state index contributed by atoms with van der Waals surface area (Å²) in [5.74, 6) is 0. The van der Waals surface area contributed by atoms with E-state index in [1.54, 1.807) is 0 Å². The lowest BCUT2D eigenvalue weighted by atomic mass is 9.88. The first-order valence-corrected chi connectivity index (χ1v) is 4.67. The second-order valence-electron chi connectivity index (χ2n) is 3.73. The van der Waals surface area contributed by atoms with Crippen LogP contribution < -0.4 is 0 Å². The summed E-state index contributed by atoms with van der Waals surface area (Å²) in [5, 5.41) is 0. The smallest absolute Gasteiger partial charge is 0.0601 e. The Labute approximate surface area is 68.5 Å². The molecule has 1 aliphatic carbocycles. The molecule has 0 unspecified atom stereocenters. The predicted octanol–water partition coefficient (Wildman–Crippen LogP) is 1.26. The molecule has 0 aromatic heterocycles. The van der Waals surface area contributed by atoms with Gasteiger partial charge in [-0.15, -0.1) is 0 Å². The van der Waals surface area contributed by atoms with Crippen LogP contribution in [0.5, 0.6) is 0 Å². The number of ether oxygens (including phenoxy) is 1. The third kappa shape index (κ3) is 1.42. The van der Waals surface area contributed by atoms with E-state index in [0.29, 0.717) is 6.10 Å². The summed E-state index contributed by atoms with van der Waals surface area (Å²) in [6.45, 7) is 2.67. The van der Waals surface area contributed by atoms with E-state index in [-0.39, 0.29) is 0 Å². The zero-order chi connectivity index (χ0) is 7.68. The maximum absolute atomic E-state index is 5.25. The number of likely N-dealkylation sites (tertiary alicyclic amines) is 1. The third-order valence-electron chi connectivity index (χ3n) is 3.06. The molecule has 2 rings (SSSR count). The molecule has 2 heteroatoms. The molecule has 0 N–H and O–H groups in total. The summed E-state index contributed by atoms with van der Waals surface area (Å²) in [5.41, 5.74) is 0. The molecule has 1 saturated heterocycles. The minimum Gasteiger partial charge on any atom is -0.381 e. The Kier molecular flexibility index (Phi) is 2.14. The molecular weight excluding hydrogens is 138 g/mol. The Balaban J connectivity index is 1.73. The van der Waals surface area contributed by atoms with Gasteiger partial charge in [-0.25, -0.2) is 0 Å². The molecule has 11 heavy (non-hydrogen) atoms. The van der Waals surface area contributed by atoms with Gasteiger partial charge in [0.1, 0.15) is 0 Å². The fraction of sp³-hybridized carbons (Fsp3) is 1.00. The highest BCUT2D eigenvalue weighted by Gasteiger charge is 2.34. The molecule has 64 valence electrons. The van der Waals surface area contributed by atoms with Crippen molar-refractivity contribution in [3.8, 4) is 0 Å². The molecule has 0 radical (unpaired) electrons. The maximum atomic E-state index is 5.25. The molecule has 0 aromatic carbocycles. The summed E-state index contributed by atoms with van der Waals surface area (Å²) in [6.07, 6.45) is 5.94. The van der Waals surface area contributed by atoms with Crippen molar-refractivity contribution in [2.75, 3.05) is 20.2 Å². The van der Waals surface area contributed by atoms with Crippen molar-refractivity contribution in [2.45, 2.75) is 37.8 Å². The Hall–Kier alpha value is -0.0800. The predicted molar refractivity (Wildman–Crippen MR) is 44.6 cm³/mol. The van der Waals surface area contributed by atoms with Crippen LogP contribution in [0.25, 0.3) is 0 Å². The average molecular weight is 155 g/mol. The van der Waals surface area contributed by atoms with Gasteiger partial charge >= 0.3 is 0 Å². The highest BCUT2D eigenvalue weighted by molar-refractivity contribution is 4.89. The molecule has 0 aromatic rings. The van der Waals surface area contributed by atoms with E-state index in [4.69, 9.17) is 4.74 Å². The van der Waals surface area contributed by atoms with Crippen molar-refractivity contribution < 1.29 is 4.74 Å². The molecule has 1 aliphatic heterocycles. The fourth-order valence-electron chi connectivity index (χ4n) is 2.14. The van der Waals surface area contributed by atoms with E-state index < -0.39 is 0 Å². The average Bonchev–Trinajstić information content (AvgIpc) is 2.37. The van der Waals surface area contributed by atoms with Gasteiger partial charge in [-0.2, -0.15) is 0 Å². The topological polar surface area (TPSA) is 12.5 Å². The zero-order valence-electron chi connectivity index (χ0n) is 7.25. The quantitative estimate of drug-likeness (QED) is 0.595. The minimum atomic E-state index is 0.570. The first kappa shape index (κ1) is 7.56. The molecule has 0 atom stereocenters. The van der Waals surface area contributed by atoms with Gasteiger partial charge in [0.2, 0.25) is 0 Å². The standard InChI is InChI=1S/C9H17NO/c1-11-9-6-8(7-9)10-4-2-3-5-10/h8-9H,2-7H2,1H3. The Morgan fingerprint density at radius 3 is 2.36 bits per heavy atom. The molecule has 2 nitrogen and oxygen atoms in total. The summed E-state index contributed by atoms with van der Waals surface area (Å²) < 4.78 is 5.25. The van der Waals surface area contributed by atoms with Crippen LogP contribution in [0.3, 0.4) is 0 Å². The first-order valence-electron chi connectivity index (χ1n) is 4.67. The highest BCUT2D eigenvalue weighted by Crippen LogP contribution is 2.29. The summed E-state index contributed by atoms with van der Waals surface area (Å²) in [6, 6.07) is 0.863. The number of methoxy groups -OCH3 is 1. The molecule has 1 heterocycles. The van der Waals surface area contributed by atoms with Gasteiger partial charge in [0, 0.05) is 13.2 Å². The zero-order valence-corrected chi connectivity index (χ0v) is 7.25. The Morgan fingerprint density at radius 2 is 1.82 bits per heavy atom. The van der Waals surface area contributed by atoms with Gasteiger partial charge in [-0.1, -0.05) is 0 Å². The van der Waals surface area contributed by atoms with Gasteiger partial charge in [-0.05, 0) is 38.8 Å². The largest absolute Gasteiger partial charge is 0.381 e. The molecule has 0 bridgehead atoms. The number of hydrogen-bond acceptors (Lipinski definition) is 2. The van der Waals surface area contributed by atoms with Crippen LogP contribution in [0, 0.1) is 0 Å². The van der Waals surface area contributed by atoms with Crippen molar-refractivity contribution in [3.63, 3.8) is 0 Å². The SMILES string of the molecule is COC1CC(N2CCCC2)C1. The Morgan fingerprint density at radius 1 is 1.18 bits per heavy atom. The van der Waals surface area contributed by atoms with Crippen molar-refractivity contribution in [2.24, 2.45) is 0 Å². The van der Waals surface area contributed by atoms with Crippen molar-refractivity contribution in [3.05, 3.63) is 0 Å². The lowest BCUT2D eigenvalue weighted by Crippen LogP contribution is -2.46. The molecule has 0 amide bonds. The van der Waals surface area contributed by atoms with Gasteiger partial charge < -0.3 is 9.64 Å². The highest BCUT2D eigenvalue weighted by atomic mass is 16.5. The van der Waals surface area contributed by atoms with Crippen LogP contribution in [-0.2, 0) is 4.74 Å². The number of hydrogen-bond donors (Lipinski definition) is 0. The van der Waals surface area contributed by atoms with Crippen LogP contribution in [0.4, 0.5) is 0 Å². The van der Waals surface area contributed by atoms with E-state index in [9.17, 15) is 0 Å². The van der Waals surface area contributed by atoms with Crippen LogP contribution >= 0.6 is 0 Å². The lowest BCUT2D eigenvalue weighted by Gasteiger charge is -2.40. The van der Waals surface area contributed by atoms with Gasteiger partial charge in [0.05, 0.1) is 6.10 Å². The minimum absolute atomic E-state index is 0.570. The van der Waals surface area contributed by atoms with Crippen molar-refractivity contribution in [1.29, 1.82) is 0 Å². The van der Waals surface area contributed by atoms with E-state index in [1.165, 1.54) is 38.8 Å².